The van der Waals surface area contributed by atoms with E-state index in [-0.39, 0.29) is 22.4 Å². The van der Waals surface area contributed by atoms with Crippen molar-refractivity contribution in [2.75, 3.05) is 0 Å². The zero-order chi connectivity index (χ0) is 21.5. The Kier molecular flexibility index (Phi) is 3.47. The van der Waals surface area contributed by atoms with Crippen molar-refractivity contribution in [3.05, 3.63) is 52.1 Å². The van der Waals surface area contributed by atoms with Crippen LogP contribution in [0.5, 0.6) is 11.8 Å². The number of carbonyl (C=O) groups is 1. The second-order valence-corrected chi connectivity index (χ2v) is 7.18. The van der Waals surface area contributed by atoms with Crippen LogP contribution in [-0.2, 0) is 26.9 Å². The Labute approximate surface area is 161 Å². The Balaban J connectivity index is 1.98. The third-order valence-electron chi connectivity index (χ3n) is 5.36. The molecule has 0 fully saturated rings. The molecule has 2 bridgehead atoms. The Morgan fingerprint density at radius 2 is 1.83 bits per heavy atom. The third kappa shape index (κ3) is 2.25. The van der Waals surface area contributed by atoms with E-state index in [0.29, 0.717) is 6.07 Å². The zero-order valence-corrected chi connectivity index (χ0v) is 15.0. The summed E-state index contributed by atoms with van der Waals surface area (Å²) in [5, 5.41) is 39.9. The summed E-state index contributed by atoms with van der Waals surface area (Å²) in [4.78, 5) is 11.6. The van der Waals surface area contributed by atoms with E-state index >= 15 is 0 Å². The maximum Gasteiger partial charge on any atom is 0.417 e. The van der Waals surface area contributed by atoms with Gasteiger partial charge in [0.2, 0.25) is 11.8 Å². The molecule has 0 spiro atoms. The molecule has 0 aliphatic carbocycles. The second kappa shape index (κ2) is 5.33. The van der Waals surface area contributed by atoms with Crippen LogP contribution in [0.2, 0.25) is 0 Å². The van der Waals surface area contributed by atoms with Gasteiger partial charge in [0.05, 0.1) is 39.6 Å². The predicted octanol–water partition coefficient (Wildman–Crippen LogP) is 3.26. The minimum absolute atomic E-state index is 0.0321. The monoisotopic (exact) mass is 406 g/mol. The molecule has 1 aromatic carbocycles. The summed E-state index contributed by atoms with van der Waals surface area (Å²) < 4.78 is 46.5. The fourth-order valence-electron chi connectivity index (χ4n) is 4.21. The van der Waals surface area contributed by atoms with Gasteiger partial charge in [0.1, 0.15) is 11.2 Å². The molecule has 29 heavy (non-hydrogen) atoms. The first-order valence-corrected chi connectivity index (χ1v) is 8.31. The van der Waals surface area contributed by atoms with Crippen molar-refractivity contribution in [1.29, 1.82) is 5.26 Å². The number of alkyl halides is 3. The highest BCUT2D eigenvalue weighted by molar-refractivity contribution is 5.92. The number of fused-ring (bicyclic) bond motifs is 5. The van der Waals surface area contributed by atoms with Crippen molar-refractivity contribution in [2.45, 2.75) is 31.2 Å². The van der Waals surface area contributed by atoms with Crippen LogP contribution >= 0.6 is 0 Å². The number of hydrogen-bond donors (Lipinski definition) is 3. The number of nitrogens with zero attached hydrogens (tertiary/aromatic N) is 2. The molecule has 2 aromatic rings. The molecular weight excluding hydrogens is 393 g/mol. The molecule has 0 amide bonds. The van der Waals surface area contributed by atoms with Gasteiger partial charge in [-0.2, -0.15) is 18.4 Å². The van der Waals surface area contributed by atoms with Gasteiger partial charge in [-0.3, -0.25) is 4.57 Å². The standard InChI is InChI=1S/C19H13F3N2O5/c1-17-6-11(16(27)28)18(2,29-17)13-12(17)14(25)24(15(13)26)9-4-3-8(7-23)10(5-9)19(20,21)22/h3-6,25-26H,1-2H3,(H,27,28). The van der Waals surface area contributed by atoms with Crippen LogP contribution in [0.4, 0.5) is 13.2 Å². The quantitative estimate of drug-likeness (QED) is 0.705. The van der Waals surface area contributed by atoms with Gasteiger partial charge >= 0.3 is 12.1 Å². The molecule has 2 unspecified atom stereocenters. The van der Waals surface area contributed by atoms with Gasteiger partial charge < -0.3 is 20.1 Å². The highest BCUT2D eigenvalue weighted by Gasteiger charge is 2.62. The second-order valence-electron chi connectivity index (χ2n) is 7.18. The number of rotatable bonds is 2. The van der Waals surface area contributed by atoms with Crippen LogP contribution in [0.1, 0.15) is 36.1 Å². The minimum atomic E-state index is -4.83. The summed E-state index contributed by atoms with van der Waals surface area (Å²) >= 11 is 0. The molecule has 2 aliphatic rings. The minimum Gasteiger partial charge on any atom is -0.494 e. The van der Waals surface area contributed by atoms with E-state index in [2.05, 4.69) is 0 Å². The largest absolute Gasteiger partial charge is 0.494 e. The van der Waals surface area contributed by atoms with E-state index in [4.69, 9.17) is 10.00 Å². The Morgan fingerprint density at radius 3 is 2.38 bits per heavy atom. The number of aromatic hydroxyl groups is 2. The number of nitriles is 1. The lowest BCUT2D eigenvalue weighted by molar-refractivity contribution is -0.138. The molecule has 2 atom stereocenters. The molecule has 0 saturated heterocycles. The van der Waals surface area contributed by atoms with Crippen molar-refractivity contribution >= 4 is 5.97 Å². The number of aliphatic carboxylic acids is 1. The molecule has 0 radical (unpaired) electrons. The SMILES string of the molecule is CC12C=C(C(=O)O)C(C)(O1)c1c2c(O)n(-c2ccc(C#N)c(C(F)(F)F)c2)c1O. The first kappa shape index (κ1) is 18.9. The van der Waals surface area contributed by atoms with Crippen LogP contribution in [0.15, 0.2) is 29.8 Å². The number of hydrogen-bond acceptors (Lipinski definition) is 5. The maximum absolute atomic E-state index is 13.3. The van der Waals surface area contributed by atoms with E-state index in [1.807, 2.05) is 0 Å². The summed E-state index contributed by atoms with van der Waals surface area (Å²) in [7, 11) is 0. The lowest BCUT2D eigenvalue weighted by atomic mass is 9.80. The first-order chi connectivity index (χ1) is 13.3. The van der Waals surface area contributed by atoms with Gasteiger partial charge in [-0.05, 0) is 38.1 Å². The molecule has 3 heterocycles. The van der Waals surface area contributed by atoms with Crippen molar-refractivity contribution in [2.24, 2.45) is 0 Å². The number of carboxylic acids is 1. The lowest BCUT2D eigenvalue weighted by Crippen LogP contribution is -2.26. The highest BCUT2D eigenvalue weighted by atomic mass is 19.4. The Bertz CT molecular complexity index is 1170. The number of carboxylic acid groups (broad SMARTS) is 1. The van der Waals surface area contributed by atoms with Gasteiger partial charge in [0, 0.05) is 0 Å². The van der Waals surface area contributed by atoms with E-state index in [1.165, 1.54) is 26.0 Å². The van der Waals surface area contributed by atoms with Crippen LogP contribution in [0, 0.1) is 11.3 Å². The number of aromatic nitrogens is 1. The molecule has 0 saturated carbocycles. The summed E-state index contributed by atoms with van der Waals surface area (Å²) in [6, 6.07) is 4.16. The van der Waals surface area contributed by atoms with E-state index in [0.717, 1.165) is 16.7 Å². The fraction of sp³-hybridized carbons (Fsp3) is 0.263. The third-order valence-corrected chi connectivity index (χ3v) is 5.36. The smallest absolute Gasteiger partial charge is 0.417 e. The van der Waals surface area contributed by atoms with Crippen molar-refractivity contribution in [3.8, 4) is 23.5 Å². The molecule has 4 rings (SSSR count). The molecule has 1 aromatic heterocycles. The first-order valence-electron chi connectivity index (χ1n) is 8.31. The normalized spacial score (nSPS) is 24.9. The average molecular weight is 406 g/mol. The summed E-state index contributed by atoms with van der Waals surface area (Å²) in [6.07, 6.45) is -3.54. The molecule has 3 N–H and O–H groups in total. The molecular formula is C19H13F3N2O5. The van der Waals surface area contributed by atoms with Crippen molar-refractivity contribution in [1.82, 2.24) is 4.57 Å². The number of ether oxygens (including phenoxy) is 1. The lowest BCUT2D eigenvalue weighted by Gasteiger charge is -2.23. The van der Waals surface area contributed by atoms with E-state index < -0.39 is 46.2 Å². The summed E-state index contributed by atoms with van der Waals surface area (Å²) in [6.45, 7) is 2.88. The van der Waals surface area contributed by atoms with Crippen LogP contribution in [0.3, 0.4) is 0 Å². The average Bonchev–Trinajstić information content (AvgIpc) is 3.15. The van der Waals surface area contributed by atoms with E-state index in [9.17, 15) is 33.3 Å². The van der Waals surface area contributed by atoms with Crippen LogP contribution in [0.25, 0.3) is 5.69 Å². The Hall–Kier alpha value is -3.45. The van der Waals surface area contributed by atoms with Gasteiger partial charge in [-0.15, -0.1) is 0 Å². The van der Waals surface area contributed by atoms with Gasteiger partial charge in [0.15, 0.2) is 0 Å². The predicted molar refractivity (Wildman–Crippen MR) is 90.3 cm³/mol. The molecule has 7 nitrogen and oxygen atoms in total. The zero-order valence-electron chi connectivity index (χ0n) is 15.0. The topological polar surface area (TPSA) is 116 Å². The highest BCUT2D eigenvalue weighted by Crippen LogP contribution is 2.63. The van der Waals surface area contributed by atoms with Gasteiger partial charge in [0.25, 0.3) is 0 Å². The van der Waals surface area contributed by atoms with Gasteiger partial charge in [-0.1, -0.05) is 0 Å². The van der Waals surface area contributed by atoms with Crippen LogP contribution < -0.4 is 0 Å². The number of benzene rings is 1. The van der Waals surface area contributed by atoms with Crippen molar-refractivity contribution in [3.63, 3.8) is 0 Å². The van der Waals surface area contributed by atoms with E-state index in [1.54, 1.807) is 0 Å². The Morgan fingerprint density at radius 1 is 1.21 bits per heavy atom. The van der Waals surface area contributed by atoms with Crippen molar-refractivity contribution < 1.29 is 38.0 Å². The molecule has 150 valence electrons. The molecule has 10 heteroatoms. The van der Waals surface area contributed by atoms with Crippen LogP contribution in [-0.4, -0.2) is 25.9 Å². The fourth-order valence-corrected chi connectivity index (χ4v) is 4.21. The number of halogens is 3. The summed E-state index contributed by atoms with van der Waals surface area (Å²) in [5.74, 6) is -2.51. The molecule has 2 aliphatic heterocycles. The maximum atomic E-state index is 13.3. The summed E-state index contributed by atoms with van der Waals surface area (Å²) in [5.41, 5.74) is -5.19. The van der Waals surface area contributed by atoms with Gasteiger partial charge in [-0.25, -0.2) is 4.79 Å².